The van der Waals surface area contributed by atoms with Gasteiger partial charge in [-0.15, -0.1) is 5.10 Å². The molecule has 0 aliphatic heterocycles. The van der Waals surface area contributed by atoms with Gasteiger partial charge in [0.15, 0.2) is 0 Å². The fourth-order valence-corrected chi connectivity index (χ4v) is 2.67. The van der Waals surface area contributed by atoms with Crippen molar-refractivity contribution in [3.8, 4) is 5.69 Å². The first-order chi connectivity index (χ1) is 9.83. The molecule has 0 spiro atoms. The van der Waals surface area contributed by atoms with Gasteiger partial charge in [0.1, 0.15) is 6.33 Å². The summed E-state index contributed by atoms with van der Waals surface area (Å²) in [5, 5.41) is 19.0. The highest BCUT2D eigenvalue weighted by Crippen LogP contribution is 2.17. The number of nitrogens with one attached hydrogen (secondary N) is 1. The van der Waals surface area contributed by atoms with E-state index in [4.69, 9.17) is 0 Å². The van der Waals surface area contributed by atoms with Gasteiger partial charge in [-0.3, -0.25) is 0 Å². The lowest BCUT2D eigenvalue weighted by atomic mass is 10.1. The molecule has 0 bridgehead atoms. The fourth-order valence-electron chi connectivity index (χ4n) is 2.00. The molecular weight excluding hydrogens is 270 g/mol. The van der Waals surface area contributed by atoms with E-state index < -0.39 is 0 Å². The third-order valence-corrected chi connectivity index (χ3v) is 3.91. The summed E-state index contributed by atoms with van der Waals surface area (Å²) in [6.45, 7) is 3.03. The van der Waals surface area contributed by atoms with Crippen LogP contribution in [-0.4, -0.2) is 20.2 Å². The van der Waals surface area contributed by atoms with Crippen molar-refractivity contribution < 1.29 is 0 Å². The molecule has 5 nitrogen and oxygen atoms in total. The van der Waals surface area contributed by atoms with Crippen molar-refractivity contribution in [1.29, 1.82) is 0 Å². The van der Waals surface area contributed by atoms with E-state index in [-0.39, 0.29) is 6.04 Å². The van der Waals surface area contributed by atoms with Gasteiger partial charge in [0.25, 0.3) is 0 Å². The Balaban J connectivity index is 1.71. The van der Waals surface area contributed by atoms with Gasteiger partial charge in [0.05, 0.1) is 5.69 Å². The molecule has 0 aliphatic carbocycles. The van der Waals surface area contributed by atoms with E-state index in [1.165, 1.54) is 11.1 Å². The Morgan fingerprint density at radius 3 is 3.05 bits per heavy atom. The Kier molecular flexibility index (Phi) is 3.85. The lowest BCUT2D eigenvalue weighted by Crippen LogP contribution is -2.17. The molecule has 0 saturated heterocycles. The first-order valence-corrected chi connectivity index (χ1v) is 7.35. The summed E-state index contributed by atoms with van der Waals surface area (Å²) in [5.74, 6) is 0. The summed E-state index contributed by atoms with van der Waals surface area (Å²) in [5.41, 5.74) is 3.50. The van der Waals surface area contributed by atoms with Crippen LogP contribution in [-0.2, 0) is 6.54 Å². The van der Waals surface area contributed by atoms with Gasteiger partial charge in [-0.2, -0.15) is 11.3 Å². The highest BCUT2D eigenvalue weighted by Gasteiger charge is 2.07. The van der Waals surface area contributed by atoms with Crippen LogP contribution in [0.4, 0.5) is 0 Å². The van der Waals surface area contributed by atoms with Crippen molar-refractivity contribution in [2.45, 2.75) is 19.5 Å². The molecule has 0 fully saturated rings. The van der Waals surface area contributed by atoms with Crippen molar-refractivity contribution in [2.24, 2.45) is 0 Å². The lowest BCUT2D eigenvalue weighted by molar-refractivity contribution is 0.575. The van der Waals surface area contributed by atoms with Crippen LogP contribution in [0, 0.1) is 0 Å². The van der Waals surface area contributed by atoms with Gasteiger partial charge in [-0.25, -0.2) is 4.68 Å². The maximum absolute atomic E-state index is 3.91. The minimum Gasteiger partial charge on any atom is -0.306 e. The molecule has 3 rings (SSSR count). The molecule has 2 heterocycles. The van der Waals surface area contributed by atoms with Crippen LogP contribution in [0.1, 0.15) is 24.1 Å². The zero-order valence-electron chi connectivity index (χ0n) is 11.1. The van der Waals surface area contributed by atoms with Crippen molar-refractivity contribution in [3.63, 3.8) is 0 Å². The zero-order valence-corrected chi connectivity index (χ0v) is 11.9. The van der Waals surface area contributed by atoms with Crippen molar-refractivity contribution >= 4 is 11.3 Å². The third kappa shape index (κ3) is 2.92. The fraction of sp³-hybridized carbons (Fsp3) is 0.214. The van der Waals surface area contributed by atoms with Crippen molar-refractivity contribution in [2.75, 3.05) is 0 Å². The summed E-state index contributed by atoms with van der Waals surface area (Å²) in [4.78, 5) is 0. The van der Waals surface area contributed by atoms with Crippen LogP contribution in [0.5, 0.6) is 0 Å². The van der Waals surface area contributed by atoms with E-state index in [0.29, 0.717) is 0 Å². The van der Waals surface area contributed by atoms with Crippen LogP contribution in [0.25, 0.3) is 5.69 Å². The molecular formula is C14H15N5S. The van der Waals surface area contributed by atoms with Crippen LogP contribution in [0.2, 0.25) is 0 Å². The number of benzene rings is 1. The van der Waals surface area contributed by atoms with E-state index in [1.54, 1.807) is 22.3 Å². The van der Waals surface area contributed by atoms with E-state index in [2.05, 4.69) is 56.7 Å². The molecule has 0 saturated carbocycles. The third-order valence-electron chi connectivity index (χ3n) is 3.18. The Hall–Kier alpha value is -2.05. The van der Waals surface area contributed by atoms with E-state index in [1.807, 2.05) is 12.1 Å². The first kappa shape index (κ1) is 13.0. The second kappa shape index (κ2) is 5.94. The summed E-state index contributed by atoms with van der Waals surface area (Å²) < 4.78 is 1.66. The zero-order chi connectivity index (χ0) is 13.8. The highest BCUT2D eigenvalue weighted by molar-refractivity contribution is 7.07. The Morgan fingerprint density at radius 1 is 1.35 bits per heavy atom. The average molecular weight is 285 g/mol. The van der Waals surface area contributed by atoms with Gasteiger partial charge >= 0.3 is 0 Å². The number of rotatable bonds is 5. The van der Waals surface area contributed by atoms with Gasteiger partial charge in [0.2, 0.25) is 0 Å². The molecule has 3 aromatic rings. The standard InChI is InChI=1S/C14H15N5S/c1-11(15-8-12-5-6-20-9-12)13-3-2-4-14(7-13)19-10-16-17-18-19/h2-7,9-11,15H,8H2,1H3. The smallest absolute Gasteiger partial charge is 0.143 e. The van der Waals surface area contributed by atoms with Crippen LogP contribution in [0.3, 0.4) is 0 Å². The molecule has 102 valence electrons. The predicted molar refractivity (Wildman–Crippen MR) is 78.7 cm³/mol. The Bertz CT molecular complexity index is 648. The second-order valence-electron chi connectivity index (χ2n) is 4.58. The van der Waals surface area contributed by atoms with E-state index in [9.17, 15) is 0 Å². The molecule has 6 heteroatoms. The molecule has 2 aromatic heterocycles. The number of tetrazole rings is 1. The summed E-state index contributed by atoms with van der Waals surface area (Å²) >= 11 is 1.72. The van der Waals surface area contributed by atoms with Gasteiger partial charge in [-0.05, 0) is 57.4 Å². The van der Waals surface area contributed by atoms with Gasteiger partial charge in [0, 0.05) is 12.6 Å². The summed E-state index contributed by atoms with van der Waals surface area (Å²) in [7, 11) is 0. The highest BCUT2D eigenvalue weighted by atomic mass is 32.1. The monoisotopic (exact) mass is 285 g/mol. The Labute approximate surface area is 121 Å². The minimum atomic E-state index is 0.270. The van der Waals surface area contributed by atoms with Gasteiger partial charge < -0.3 is 5.32 Å². The first-order valence-electron chi connectivity index (χ1n) is 6.41. The number of hydrogen-bond acceptors (Lipinski definition) is 5. The van der Waals surface area contributed by atoms with Crippen LogP contribution in [0.15, 0.2) is 47.4 Å². The van der Waals surface area contributed by atoms with Crippen LogP contribution >= 0.6 is 11.3 Å². The lowest BCUT2D eigenvalue weighted by Gasteiger charge is -2.14. The molecule has 1 atom stereocenters. The minimum absolute atomic E-state index is 0.270. The number of hydrogen-bond donors (Lipinski definition) is 1. The molecule has 20 heavy (non-hydrogen) atoms. The summed E-state index contributed by atoms with van der Waals surface area (Å²) in [6.07, 6.45) is 1.60. The molecule has 0 aliphatic rings. The average Bonchev–Trinajstić information content (AvgIpc) is 3.18. The molecule has 0 radical (unpaired) electrons. The maximum Gasteiger partial charge on any atom is 0.143 e. The number of aromatic nitrogens is 4. The molecule has 1 N–H and O–H groups in total. The predicted octanol–water partition coefficient (Wildman–Crippen LogP) is 2.57. The maximum atomic E-state index is 3.91. The van der Waals surface area contributed by atoms with Crippen molar-refractivity contribution in [3.05, 3.63) is 58.5 Å². The quantitative estimate of drug-likeness (QED) is 0.783. The Morgan fingerprint density at radius 2 is 2.30 bits per heavy atom. The van der Waals surface area contributed by atoms with Gasteiger partial charge in [-0.1, -0.05) is 12.1 Å². The summed E-state index contributed by atoms with van der Waals surface area (Å²) in [6, 6.07) is 10.6. The molecule has 0 amide bonds. The molecule has 1 unspecified atom stereocenters. The van der Waals surface area contributed by atoms with E-state index in [0.717, 1.165) is 12.2 Å². The van der Waals surface area contributed by atoms with Crippen LogP contribution < -0.4 is 5.32 Å². The second-order valence-corrected chi connectivity index (χ2v) is 5.36. The number of thiophene rings is 1. The number of nitrogens with zero attached hydrogens (tertiary/aromatic N) is 4. The van der Waals surface area contributed by atoms with Crippen molar-refractivity contribution in [1.82, 2.24) is 25.5 Å². The normalized spacial score (nSPS) is 12.4. The molecule has 1 aromatic carbocycles. The van der Waals surface area contributed by atoms with E-state index >= 15 is 0 Å². The topological polar surface area (TPSA) is 55.6 Å². The SMILES string of the molecule is CC(NCc1ccsc1)c1cccc(-n2cnnn2)c1. The largest absolute Gasteiger partial charge is 0.306 e.